The van der Waals surface area contributed by atoms with Gasteiger partial charge >= 0.3 is 0 Å². The number of aliphatic hydroxyl groups excluding tert-OH is 1. The van der Waals surface area contributed by atoms with Gasteiger partial charge in [0.2, 0.25) is 5.91 Å². The molecule has 0 saturated carbocycles. The third-order valence-electron chi connectivity index (χ3n) is 6.14. The molecule has 4 rings (SSSR count). The number of fused-ring (bicyclic) bond motifs is 2. The van der Waals surface area contributed by atoms with E-state index in [1.54, 1.807) is 0 Å². The summed E-state index contributed by atoms with van der Waals surface area (Å²) in [6.45, 7) is 5.56. The zero-order valence-electron chi connectivity index (χ0n) is 15.4. The number of aromatic nitrogens is 2. The van der Waals surface area contributed by atoms with Gasteiger partial charge in [0, 0.05) is 50.4 Å². The molecule has 0 bridgehead atoms. The van der Waals surface area contributed by atoms with Gasteiger partial charge in [-0.05, 0) is 18.6 Å². The standard InChI is InChI=1S/C20H27N3O3/c1-2-18-21-16-5-3-4-6-17(16)23(18)9-7-19(25)22-11-15-12-26-10-8-20(15,13-22)14-24/h3-6,15,24H,2,7-14H2,1H3/t15-,20-/m1/s1. The van der Waals surface area contributed by atoms with Gasteiger partial charge in [-0.3, -0.25) is 4.79 Å². The Morgan fingerprint density at radius 2 is 2.27 bits per heavy atom. The van der Waals surface area contributed by atoms with Gasteiger partial charge in [-0.1, -0.05) is 19.1 Å². The molecule has 1 amide bonds. The van der Waals surface area contributed by atoms with Gasteiger partial charge in [0.05, 0.1) is 24.2 Å². The Balaban J connectivity index is 1.47. The van der Waals surface area contributed by atoms with Gasteiger partial charge in [0.15, 0.2) is 0 Å². The van der Waals surface area contributed by atoms with E-state index in [9.17, 15) is 9.90 Å². The number of imidazole rings is 1. The van der Waals surface area contributed by atoms with Crippen LogP contribution in [0, 0.1) is 11.3 Å². The third kappa shape index (κ3) is 2.91. The van der Waals surface area contributed by atoms with Crippen molar-refractivity contribution in [2.24, 2.45) is 11.3 Å². The Labute approximate surface area is 153 Å². The average molecular weight is 357 g/mol. The molecule has 2 saturated heterocycles. The molecule has 6 heteroatoms. The van der Waals surface area contributed by atoms with Crippen molar-refractivity contribution in [1.82, 2.24) is 14.5 Å². The number of hydrogen-bond donors (Lipinski definition) is 1. The fraction of sp³-hybridized carbons (Fsp3) is 0.600. The van der Waals surface area contributed by atoms with Crippen LogP contribution >= 0.6 is 0 Å². The molecular weight excluding hydrogens is 330 g/mol. The summed E-state index contributed by atoms with van der Waals surface area (Å²) >= 11 is 0. The van der Waals surface area contributed by atoms with Gasteiger partial charge in [-0.15, -0.1) is 0 Å². The van der Waals surface area contributed by atoms with Crippen molar-refractivity contribution < 1.29 is 14.6 Å². The monoisotopic (exact) mass is 357 g/mol. The minimum atomic E-state index is -0.163. The summed E-state index contributed by atoms with van der Waals surface area (Å²) in [5.41, 5.74) is 1.91. The van der Waals surface area contributed by atoms with Gasteiger partial charge in [-0.2, -0.15) is 0 Å². The SMILES string of the molecule is CCc1nc2ccccc2n1CCC(=O)N1C[C@@H]2COCC[C@]2(CO)C1. The van der Waals surface area contributed by atoms with Crippen LogP contribution in [0.25, 0.3) is 11.0 Å². The van der Waals surface area contributed by atoms with Crippen LogP contribution in [0.5, 0.6) is 0 Å². The van der Waals surface area contributed by atoms with E-state index in [1.165, 1.54) is 0 Å². The zero-order chi connectivity index (χ0) is 18.1. The molecule has 0 radical (unpaired) electrons. The van der Waals surface area contributed by atoms with Crippen molar-refractivity contribution in [3.63, 3.8) is 0 Å². The molecule has 2 aromatic rings. The normalized spacial score (nSPS) is 25.6. The van der Waals surface area contributed by atoms with Gasteiger partial charge < -0.3 is 19.3 Å². The molecule has 0 spiro atoms. The number of carbonyl (C=O) groups is 1. The number of aliphatic hydroxyl groups is 1. The largest absolute Gasteiger partial charge is 0.396 e. The lowest BCUT2D eigenvalue weighted by Crippen LogP contribution is -2.41. The van der Waals surface area contributed by atoms with Crippen LogP contribution in [-0.2, 0) is 22.5 Å². The van der Waals surface area contributed by atoms with Crippen molar-refractivity contribution in [3.05, 3.63) is 30.1 Å². The van der Waals surface area contributed by atoms with Gasteiger partial charge in [0.1, 0.15) is 5.82 Å². The first kappa shape index (κ1) is 17.5. The molecule has 1 aromatic carbocycles. The first-order chi connectivity index (χ1) is 12.7. The van der Waals surface area contributed by atoms with Crippen LogP contribution in [0.3, 0.4) is 0 Å². The quantitative estimate of drug-likeness (QED) is 0.887. The smallest absolute Gasteiger partial charge is 0.224 e. The van der Waals surface area contributed by atoms with Crippen molar-refractivity contribution in [3.8, 4) is 0 Å². The second-order valence-corrected chi connectivity index (χ2v) is 7.59. The molecule has 2 atom stereocenters. The number of carbonyl (C=O) groups excluding carboxylic acids is 1. The zero-order valence-corrected chi connectivity index (χ0v) is 15.4. The highest BCUT2D eigenvalue weighted by molar-refractivity contribution is 5.78. The fourth-order valence-electron chi connectivity index (χ4n) is 4.51. The maximum absolute atomic E-state index is 12.8. The number of amides is 1. The molecule has 26 heavy (non-hydrogen) atoms. The van der Waals surface area contributed by atoms with Crippen molar-refractivity contribution in [2.75, 3.05) is 32.9 Å². The Morgan fingerprint density at radius 3 is 3.04 bits per heavy atom. The summed E-state index contributed by atoms with van der Waals surface area (Å²) < 4.78 is 7.74. The third-order valence-corrected chi connectivity index (χ3v) is 6.14. The Bertz CT molecular complexity index is 803. The van der Waals surface area contributed by atoms with E-state index in [1.807, 2.05) is 23.1 Å². The summed E-state index contributed by atoms with van der Waals surface area (Å²) in [5.74, 6) is 1.44. The van der Waals surface area contributed by atoms with Gasteiger partial charge in [-0.25, -0.2) is 4.98 Å². The molecule has 1 aromatic heterocycles. The highest BCUT2D eigenvalue weighted by Gasteiger charge is 2.49. The molecule has 0 unspecified atom stereocenters. The number of para-hydroxylation sites is 2. The number of benzene rings is 1. The number of hydrogen-bond acceptors (Lipinski definition) is 4. The molecule has 2 aliphatic heterocycles. The lowest BCUT2D eigenvalue weighted by Gasteiger charge is -2.36. The minimum Gasteiger partial charge on any atom is -0.396 e. The van der Waals surface area contributed by atoms with E-state index < -0.39 is 0 Å². The van der Waals surface area contributed by atoms with Crippen LogP contribution in [0.15, 0.2) is 24.3 Å². The average Bonchev–Trinajstić information content (AvgIpc) is 3.24. The summed E-state index contributed by atoms with van der Waals surface area (Å²) in [6, 6.07) is 8.09. The molecule has 3 heterocycles. The Morgan fingerprint density at radius 1 is 1.42 bits per heavy atom. The first-order valence-corrected chi connectivity index (χ1v) is 9.57. The predicted octanol–water partition coefficient (Wildman–Crippen LogP) is 1.85. The molecular formula is C20H27N3O3. The summed E-state index contributed by atoms with van der Waals surface area (Å²) in [6.07, 6.45) is 2.14. The van der Waals surface area contributed by atoms with Crippen molar-refractivity contribution in [2.45, 2.75) is 32.7 Å². The van der Waals surface area contributed by atoms with Crippen LogP contribution in [0.4, 0.5) is 0 Å². The predicted molar refractivity (Wildman–Crippen MR) is 98.8 cm³/mol. The van der Waals surface area contributed by atoms with E-state index in [0.29, 0.717) is 39.3 Å². The fourth-order valence-corrected chi connectivity index (χ4v) is 4.51. The number of rotatable bonds is 5. The van der Waals surface area contributed by atoms with Crippen LogP contribution in [0.1, 0.15) is 25.6 Å². The topological polar surface area (TPSA) is 67.6 Å². The Hall–Kier alpha value is -1.92. The number of likely N-dealkylation sites (tertiary alicyclic amines) is 1. The van der Waals surface area contributed by atoms with Crippen molar-refractivity contribution >= 4 is 16.9 Å². The first-order valence-electron chi connectivity index (χ1n) is 9.57. The second kappa shape index (κ2) is 7.00. The number of ether oxygens (including phenoxy) is 1. The molecule has 2 fully saturated rings. The van der Waals surface area contributed by atoms with E-state index in [2.05, 4.69) is 22.5 Å². The number of nitrogens with zero attached hydrogens (tertiary/aromatic N) is 3. The maximum Gasteiger partial charge on any atom is 0.224 e. The Kier molecular flexibility index (Phi) is 4.71. The highest BCUT2D eigenvalue weighted by Crippen LogP contribution is 2.41. The van der Waals surface area contributed by atoms with E-state index in [4.69, 9.17) is 4.74 Å². The van der Waals surface area contributed by atoms with Crippen LogP contribution in [0.2, 0.25) is 0 Å². The summed E-state index contributed by atoms with van der Waals surface area (Å²) in [4.78, 5) is 19.5. The minimum absolute atomic E-state index is 0.136. The van der Waals surface area contributed by atoms with E-state index >= 15 is 0 Å². The molecule has 1 N–H and O–H groups in total. The van der Waals surface area contributed by atoms with E-state index in [0.717, 1.165) is 29.7 Å². The van der Waals surface area contributed by atoms with E-state index in [-0.39, 0.29) is 23.8 Å². The maximum atomic E-state index is 12.8. The molecule has 2 aliphatic rings. The molecule has 140 valence electrons. The van der Waals surface area contributed by atoms with Gasteiger partial charge in [0.25, 0.3) is 0 Å². The second-order valence-electron chi connectivity index (χ2n) is 7.59. The summed E-state index contributed by atoms with van der Waals surface area (Å²) in [5, 5.41) is 9.91. The van der Waals surface area contributed by atoms with Crippen molar-refractivity contribution in [1.29, 1.82) is 0 Å². The van der Waals surface area contributed by atoms with Crippen LogP contribution in [-0.4, -0.2) is 58.4 Å². The van der Waals surface area contributed by atoms with Crippen LogP contribution < -0.4 is 0 Å². The highest BCUT2D eigenvalue weighted by atomic mass is 16.5. The number of aryl methyl sites for hydroxylation is 2. The summed E-state index contributed by atoms with van der Waals surface area (Å²) in [7, 11) is 0. The molecule has 6 nitrogen and oxygen atoms in total. The lowest BCUT2D eigenvalue weighted by atomic mass is 9.75. The molecule has 0 aliphatic carbocycles. The lowest BCUT2D eigenvalue weighted by molar-refractivity contribution is -0.131.